The number of pyridine rings is 1. The molecule has 0 radical (unpaired) electrons. The third-order valence-corrected chi connectivity index (χ3v) is 4.88. The third-order valence-electron chi connectivity index (χ3n) is 4.88. The first-order valence-electron chi connectivity index (χ1n) is 8.72. The standard InChI is InChI=1S/C19H22N2O4/c1-13-6-7-16(25-13)19(22)21-11-17(18-15(21)5-3-9-23-18)24-12-14-4-2-8-20-10-14/h2,4,6-8,10,15,17-18H,3,5,9,11-12H2,1H3/t15-,17-,18+/m1/s1. The molecule has 6 nitrogen and oxygen atoms in total. The average Bonchev–Trinajstić information content (AvgIpc) is 3.24. The lowest BCUT2D eigenvalue weighted by molar-refractivity contribution is -0.0810. The van der Waals surface area contributed by atoms with Crippen LogP contribution in [0.5, 0.6) is 0 Å². The Labute approximate surface area is 146 Å². The van der Waals surface area contributed by atoms with Crippen molar-refractivity contribution in [1.29, 1.82) is 0 Å². The van der Waals surface area contributed by atoms with Gasteiger partial charge >= 0.3 is 0 Å². The van der Waals surface area contributed by atoms with E-state index in [1.807, 2.05) is 30.0 Å². The van der Waals surface area contributed by atoms with Gasteiger partial charge in [-0.1, -0.05) is 6.07 Å². The number of carbonyl (C=O) groups excluding carboxylic acids is 1. The first kappa shape index (κ1) is 16.3. The molecule has 4 heterocycles. The Kier molecular flexibility index (Phi) is 4.55. The van der Waals surface area contributed by atoms with Crippen molar-refractivity contribution in [3.8, 4) is 0 Å². The van der Waals surface area contributed by atoms with Gasteiger partial charge in [-0.05, 0) is 43.5 Å². The second-order valence-corrected chi connectivity index (χ2v) is 6.62. The molecule has 0 unspecified atom stereocenters. The maximum Gasteiger partial charge on any atom is 0.289 e. The Bertz CT molecular complexity index is 730. The quantitative estimate of drug-likeness (QED) is 0.854. The zero-order valence-corrected chi connectivity index (χ0v) is 14.3. The second-order valence-electron chi connectivity index (χ2n) is 6.62. The molecule has 2 aliphatic heterocycles. The molecular formula is C19H22N2O4. The summed E-state index contributed by atoms with van der Waals surface area (Å²) in [6.45, 7) is 3.55. The molecule has 3 atom stereocenters. The first-order valence-corrected chi connectivity index (χ1v) is 8.72. The Morgan fingerprint density at radius 3 is 3.08 bits per heavy atom. The van der Waals surface area contributed by atoms with Crippen LogP contribution in [0, 0.1) is 6.92 Å². The minimum absolute atomic E-state index is 0.0468. The highest BCUT2D eigenvalue weighted by atomic mass is 16.5. The lowest BCUT2D eigenvalue weighted by atomic mass is 10.0. The van der Waals surface area contributed by atoms with E-state index < -0.39 is 0 Å². The first-order chi connectivity index (χ1) is 12.2. The summed E-state index contributed by atoms with van der Waals surface area (Å²) in [4.78, 5) is 18.8. The number of ether oxygens (including phenoxy) is 2. The number of nitrogens with zero attached hydrogens (tertiary/aromatic N) is 2. The van der Waals surface area contributed by atoms with Crippen molar-refractivity contribution in [2.45, 2.75) is 44.6 Å². The molecule has 132 valence electrons. The summed E-state index contributed by atoms with van der Waals surface area (Å²) in [5.41, 5.74) is 1.02. The van der Waals surface area contributed by atoms with Crippen LogP contribution >= 0.6 is 0 Å². The van der Waals surface area contributed by atoms with E-state index >= 15 is 0 Å². The lowest BCUT2D eigenvalue weighted by Crippen LogP contribution is -2.43. The molecule has 2 aromatic heterocycles. The van der Waals surface area contributed by atoms with Crippen molar-refractivity contribution >= 4 is 5.91 Å². The summed E-state index contributed by atoms with van der Waals surface area (Å²) in [5, 5.41) is 0. The number of furan rings is 1. The normalized spacial score (nSPS) is 25.8. The van der Waals surface area contributed by atoms with E-state index in [9.17, 15) is 4.79 Å². The van der Waals surface area contributed by atoms with Gasteiger partial charge < -0.3 is 18.8 Å². The number of hydrogen-bond donors (Lipinski definition) is 0. The molecule has 0 aromatic carbocycles. The minimum Gasteiger partial charge on any atom is -0.456 e. The van der Waals surface area contributed by atoms with Crippen LogP contribution < -0.4 is 0 Å². The van der Waals surface area contributed by atoms with Crippen LogP contribution in [0.2, 0.25) is 0 Å². The predicted molar refractivity (Wildman–Crippen MR) is 90.1 cm³/mol. The van der Waals surface area contributed by atoms with Gasteiger partial charge in [0.15, 0.2) is 5.76 Å². The molecule has 0 saturated carbocycles. The molecule has 0 spiro atoms. The Morgan fingerprint density at radius 2 is 2.32 bits per heavy atom. The predicted octanol–water partition coefficient (Wildman–Crippen LogP) is 2.57. The maximum atomic E-state index is 12.8. The van der Waals surface area contributed by atoms with Crippen molar-refractivity contribution < 1.29 is 18.7 Å². The van der Waals surface area contributed by atoms with Crippen LogP contribution in [-0.2, 0) is 16.1 Å². The molecule has 0 bridgehead atoms. The zero-order chi connectivity index (χ0) is 17.2. The van der Waals surface area contributed by atoms with E-state index in [2.05, 4.69) is 4.98 Å². The molecule has 2 saturated heterocycles. The molecule has 4 rings (SSSR count). The lowest BCUT2D eigenvalue weighted by Gasteiger charge is -2.31. The minimum atomic E-state index is -0.134. The Balaban J connectivity index is 1.48. The number of aryl methyl sites for hydroxylation is 1. The van der Waals surface area contributed by atoms with Crippen molar-refractivity contribution in [1.82, 2.24) is 9.88 Å². The number of carbonyl (C=O) groups is 1. The third kappa shape index (κ3) is 3.32. The van der Waals surface area contributed by atoms with E-state index in [0.717, 1.165) is 30.8 Å². The van der Waals surface area contributed by atoms with Gasteiger partial charge in [0.25, 0.3) is 5.91 Å². The molecule has 0 aliphatic carbocycles. The molecular weight excluding hydrogens is 320 g/mol. The number of hydrogen-bond acceptors (Lipinski definition) is 5. The number of likely N-dealkylation sites (tertiary alicyclic amines) is 1. The smallest absolute Gasteiger partial charge is 0.289 e. The molecule has 2 aliphatic rings. The van der Waals surface area contributed by atoms with Crippen LogP contribution in [0.25, 0.3) is 0 Å². The van der Waals surface area contributed by atoms with Crippen LogP contribution in [0.3, 0.4) is 0 Å². The van der Waals surface area contributed by atoms with E-state index in [1.165, 1.54) is 0 Å². The number of fused-ring (bicyclic) bond motifs is 1. The summed E-state index contributed by atoms with van der Waals surface area (Å²) in [6.07, 6.45) is 5.21. The highest BCUT2D eigenvalue weighted by molar-refractivity contribution is 5.92. The van der Waals surface area contributed by atoms with Gasteiger partial charge in [-0.25, -0.2) is 0 Å². The van der Waals surface area contributed by atoms with Gasteiger partial charge in [0, 0.05) is 19.0 Å². The van der Waals surface area contributed by atoms with Crippen LogP contribution in [-0.4, -0.2) is 47.2 Å². The summed E-state index contributed by atoms with van der Waals surface area (Å²) in [6, 6.07) is 7.47. The number of aromatic nitrogens is 1. The fraction of sp³-hybridized carbons (Fsp3) is 0.474. The Hall–Kier alpha value is -2.18. The molecule has 25 heavy (non-hydrogen) atoms. The SMILES string of the molecule is Cc1ccc(C(=O)N2C[C@@H](OCc3cccnc3)[C@H]3OCCC[C@H]32)o1. The summed E-state index contributed by atoms with van der Waals surface area (Å²) < 4.78 is 17.6. The van der Waals surface area contributed by atoms with Gasteiger partial charge in [0.1, 0.15) is 18.0 Å². The summed E-state index contributed by atoms with van der Waals surface area (Å²) in [5.74, 6) is 1.04. The van der Waals surface area contributed by atoms with Crippen molar-refractivity contribution in [2.75, 3.05) is 13.2 Å². The Morgan fingerprint density at radius 1 is 1.40 bits per heavy atom. The fourth-order valence-corrected chi connectivity index (χ4v) is 3.67. The highest BCUT2D eigenvalue weighted by Crippen LogP contribution is 2.32. The van der Waals surface area contributed by atoms with Crippen molar-refractivity contribution in [3.63, 3.8) is 0 Å². The van der Waals surface area contributed by atoms with E-state index in [-0.39, 0.29) is 24.2 Å². The van der Waals surface area contributed by atoms with E-state index in [0.29, 0.717) is 18.9 Å². The van der Waals surface area contributed by atoms with Crippen LogP contribution in [0.4, 0.5) is 0 Å². The number of amides is 1. The number of rotatable bonds is 4. The van der Waals surface area contributed by atoms with Crippen LogP contribution in [0.1, 0.15) is 34.7 Å². The van der Waals surface area contributed by atoms with E-state index in [1.54, 1.807) is 18.5 Å². The summed E-state index contributed by atoms with van der Waals surface area (Å²) >= 11 is 0. The van der Waals surface area contributed by atoms with Gasteiger partial charge in [-0.15, -0.1) is 0 Å². The molecule has 6 heteroatoms. The largest absolute Gasteiger partial charge is 0.456 e. The van der Waals surface area contributed by atoms with Crippen molar-refractivity contribution in [2.24, 2.45) is 0 Å². The molecule has 0 N–H and O–H groups in total. The second kappa shape index (κ2) is 6.98. The van der Waals surface area contributed by atoms with E-state index in [4.69, 9.17) is 13.9 Å². The van der Waals surface area contributed by atoms with Gasteiger partial charge in [-0.3, -0.25) is 9.78 Å². The van der Waals surface area contributed by atoms with Crippen LogP contribution in [0.15, 0.2) is 41.1 Å². The molecule has 1 amide bonds. The highest BCUT2D eigenvalue weighted by Gasteiger charge is 2.47. The monoisotopic (exact) mass is 342 g/mol. The maximum absolute atomic E-state index is 12.8. The summed E-state index contributed by atoms with van der Waals surface area (Å²) in [7, 11) is 0. The zero-order valence-electron chi connectivity index (χ0n) is 14.3. The van der Waals surface area contributed by atoms with Crippen molar-refractivity contribution in [3.05, 3.63) is 53.7 Å². The van der Waals surface area contributed by atoms with Gasteiger partial charge in [-0.2, -0.15) is 0 Å². The molecule has 2 fully saturated rings. The van der Waals surface area contributed by atoms with Gasteiger partial charge in [0.05, 0.1) is 19.2 Å². The topological polar surface area (TPSA) is 64.8 Å². The van der Waals surface area contributed by atoms with Gasteiger partial charge in [0.2, 0.25) is 0 Å². The average molecular weight is 342 g/mol. The molecule has 2 aromatic rings. The fourth-order valence-electron chi connectivity index (χ4n) is 3.67.